The van der Waals surface area contributed by atoms with E-state index in [4.69, 9.17) is 10.5 Å². The van der Waals surface area contributed by atoms with Gasteiger partial charge in [-0.25, -0.2) is 4.98 Å². The highest BCUT2D eigenvalue weighted by Crippen LogP contribution is 2.27. The second-order valence-electron chi connectivity index (χ2n) is 4.39. The molecule has 6 heteroatoms. The first-order valence-electron chi connectivity index (χ1n) is 6.28. The number of thiazole rings is 1. The maximum absolute atomic E-state index is 12.3. The van der Waals surface area contributed by atoms with E-state index in [-0.39, 0.29) is 5.91 Å². The fourth-order valence-electron chi connectivity index (χ4n) is 1.95. The van der Waals surface area contributed by atoms with Crippen LogP contribution in [-0.2, 0) is 0 Å². The summed E-state index contributed by atoms with van der Waals surface area (Å²) in [6.45, 7) is 0. The quantitative estimate of drug-likeness (QED) is 0.728. The molecule has 0 bridgehead atoms. The van der Waals surface area contributed by atoms with Gasteiger partial charge in [0.25, 0.3) is 5.91 Å². The molecule has 106 valence electrons. The van der Waals surface area contributed by atoms with Crippen LogP contribution in [0.5, 0.6) is 5.75 Å². The van der Waals surface area contributed by atoms with E-state index < -0.39 is 0 Å². The molecule has 0 radical (unpaired) electrons. The second kappa shape index (κ2) is 5.41. The average molecular weight is 299 g/mol. The summed E-state index contributed by atoms with van der Waals surface area (Å²) in [6.07, 6.45) is 0. The number of ether oxygens (including phenoxy) is 1. The third-order valence-corrected chi connectivity index (χ3v) is 3.97. The number of anilines is 2. The van der Waals surface area contributed by atoms with Crippen LogP contribution in [0.4, 0.5) is 10.8 Å². The van der Waals surface area contributed by atoms with E-state index in [1.807, 2.05) is 24.3 Å². The minimum Gasteiger partial charge on any atom is -0.497 e. The van der Waals surface area contributed by atoms with Crippen LogP contribution < -0.4 is 15.8 Å². The van der Waals surface area contributed by atoms with Gasteiger partial charge in [-0.05, 0) is 30.3 Å². The molecule has 3 aromatic rings. The largest absolute Gasteiger partial charge is 0.497 e. The number of hydrogen-bond donors (Lipinski definition) is 2. The number of nitrogen functional groups attached to an aromatic ring is 1. The summed E-state index contributed by atoms with van der Waals surface area (Å²) < 4.78 is 6.13. The van der Waals surface area contributed by atoms with Crippen molar-refractivity contribution < 1.29 is 9.53 Å². The molecule has 1 heterocycles. The van der Waals surface area contributed by atoms with E-state index in [0.717, 1.165) is 10.2 Å². The Labute approximate surface area is 125 Å². The first-order chi connectivity index (χ1) is 10.2. The first kappa shape index (κ1) is 13.4. The summed E-state index contributed by atoms with van der Waals surface area (Å²) in [5.41, 5.74) is 7.46. The Morgan fingerprint density at radius 3 is 2.86 bits per heavy atom. The van der Waals surface area contributed by atoms with Gasteiger partial charge in [0.15, 0.2) is 5.13 Å². The number of carbonyl (C=O) groups is 1. The molecule has 0 fully saturated rings. The summed E-state index contributed by atoms with van der Waals surface area (Å²) in [4.78, 5) is 16.7. The predicted octanol–water partition coefficient (Wildman–Crippen LogP) is 3.14. The predicted molar refractivity (Wildman–Crippen MR) is 85.0 cm³/mol. The zero-order valence-corrected chi connectivity index (χ0v) is 12.1. The Balaban J connectivity index is 1.89. The van der Waals surface area contributed by atoms with Crippen molar-refractivity contribution >= 4 is 38.3 Å². The number of aromatic nitrogens is 1. The van der Waals surface area contributed by atoms with Gasteiger partial charge in [0, 0.05) is 5.69 Å². The van der Waals surface area contributed by atoms with Crippen LogP contribution in [0.3, 0.4) is 0 Å². The molecule has 0 unspecified atom stereocenters. The molecule has 5 nitrogen and oxygen atoms in total. The van der Waals surface area contributed by atoms with Crippen LogP contribution in [0.1, 0.15) is 10.4 Å². The molecule has 0 saturated heterocycles. The lowest BCUT2D eigenvalue weighted by Crippen LogP contribution is -2.14. The summed E-state index contributed by atoms with van der Waals surface area (Å²) >= 11 is 1.42. The topological polar surface area (TPSA) is 77.2 Å². The minimum atomic E-state index is -0.301. The molecule has 21 heavy (non-hydrogen) atoms. The number of para-hydroxylation sites is 1. The van der Waals surface area contributed by atoms with E-state index in [0.29, 0.717) is 22.1 Å². The Hall–Kier alpha value is -2.60. The Bertz CT molecular complexity index is 781. The smallest absolute Gasteiger partial charge is 0.259 e. The van der Waals surface area contributed by atoms with Crippen molar-refractivity contribution in [3.63, 3.8) is 0 Å². The molecule has 0 spiro atoms. The lowest BCUT2D eigenvalue weighted by atomic mass is 10.1. The lowest BCUT2D eigenvalue weighted by molar-refractivity contribution is 0.102. The van der Waals surface area contributed by atoms with Crippen LogP contribution in [0.15, 0.2) is 42.5 Å². The monoisotopic (exact) mass is 299 g/mol. The third kappa shape index (κ3) is 2.66. The number of nitrogens with one attached hydrogen (secondary N) is 1. The lowest BCUT2D eigenvalue weighted by Gasteiger charge is -2.07. The van der Waals surface area contributed by atoms with Gasteiger partial charge in [-0.15, -0.1) is 0 Å². The maximum atomic E-state index is 12.3. The molecule has 1 amide bonds. The van der Waals surface area contributed by atoms with Crippen molar-refractivity contribution in [3.05, 3.63) is 48.0 Å². The number of rotatable bonds is 3. The summed E-state index contributed by atoms with van der Waals surface area (Å²) in [7, 11) is 1.54. The minimum absolute atomic E-state index is 0.301. The van der Waals surface area contributed by atoms with Crippen molar-refractivity contribution in [3.8, 4) is 5.75 Å². The standard InChI is InChI=1S/C15H13N3O2S/c1-20-9-6-7-11(16)10(8-9)14(19)18-15-17-12-4-2-3-5-13(12)21-15/h2-8H,16H2,1H3,(H,17,18,19). The highest BCUT2D eigenvalue weighted by atomic mass is 32.1. The number of nitrogens with zero attached hydrogens (tertiary/aromatic N) is 1. The van der Waals surface area contributed by atoms with Gasteiger partial charge in [0.2, 0.25) is 0 Å². The molecule has 0 aliphatic carbocycles. The third-order valence-electron chi connectivity index (χ3n) is 3.02. The van der Waals surface area contributed by atoms with E-state index in [2.05, 4.69) is 10.3 Å². The van der Waals surface area contributed by atoms with E-state index in [1.54, 1.807) is 25.3 Å². The molecule has 0 saturated carbocycles. The van der Waals surface area contributed by atoms with Crippen LogP contribution in [0.25, 0.3) is 10.2 Å². The number of carbonyl (C=O) groups excluding carboxylic acids is 1. The number of methoxy groups -OCH3 is 1. The number of hydrogen-bond acceptors (Lipinski definition) is 5. The van der Waals surface area contributed by atoms with E-state index in [1.165, 1.54) is 11.3 Å². The first-order valence-corrected chi connectivity index (χ1v) is 7.09. The van der Waals surface area contributed by atoms with Crippen LogP contribution >= 0.6 is 11.3 Å². The fraction of sp³-hybridized carbons (Fsp3) is 0.0667. The van der Waals surface area contributed by atoms with Gasteiger partial charge in [-0.1, -0.05) is 23.5 Å². The van der Waals surface area contributed by atoms with Gasteiger partial charge in [0.05, 0.1) is 22.9 Å². The number of benzene rings is 2. The highest BCUT2D eigenvalue weighted by Gasteiger charge is 2.13. The molecule has 1 aromatic heterocycles. The van der Waals surface area contributed by atoms with E-state index >= 15 is 0 Å². The van der Waals surface area contributed by atoms with Crippen molar-refractivity contribution in [2.24, 2.45) is 0 Å². The zero-order chi connectivity index (χ0) is 14.8. The Kier molecular flexibility index (Phi) is 3.45. The van der Waals surface area contributed by atoms with Gasteiger partial charge < -0.3 is 10.5 Å². The molecule has 2 aromatic carbocycles. The number of amides is 1. The molecular formula is C15H13N3O2S. The maximum Gasteiger partial charge on any atom is 0.259 e. The van der Waals surface area contributed by atoms with Crippen LogP contribution in [0.2, 0.25) is 0 Å². The summed E-state index contributed by atoms with van der Waals surface area (Å²) in [5, 5.41) is 3.32. The molecule has 3 N–H and O–H groups in total. The van der Waals surface area contributed by atoms with Crippen molar-refractivity contribution in [1.82, 2.24) is 4.98 Å². The SMILES string of the molecule is COc1ccc(N)c(C(=O)Nc2nc3ccccc3s2)c1. The zero-order valence-electron chi connectivity index (χ0n) is 11.3. The molecule has 0 aliphatic heterocycles. The van der Waals surface area contributed by atoms with Gasteiger partial charge >= 0.3 is 0 Å². The molecule has 0 aliphatic rings. The molecular weight excluding hydrogens is 286 g/mol. The van der Waals surface area contributed by atoms with Crippen molar-refractivity contribution in [1.29, 1.82) is 0 Å². The Morgan fingerprint density at radius 1 is 1.29 bits per heavy atom. The number of nitrogens with two attached hydrogens (primary N) is 1. The van der Waals surface area contributed by atoms with Gasteiger partial charge in [-0.3, -0.25) is 10.1 Å². The van der Waals surface area contributed by atoms with Crippen LogP contribution in [-0.4, -0.2) is 18.0 Å². The molecule has 0 atom stereocenters. The number of fused-ring (bicyclic) bond motifs is 1. The molecule has 3 rings (SSSR count). The van der Waals surface area contributed by atoms with Gasteiger partial charge in [0.1, 0.15) is 5.75 Å². The van der Waals surface area contributed by atoms with E-state index in [9.17, 15) is 4.79 Å². The van der Waals surface area contributed by atoms with Crippen molar-refractivity contribution in [2.45, 2.75) is 0 Å². The fourth-order valence-corrected chi connectivity index (χ4v) is 2.81. The van der Waals surface area contributed by atoms with Crippen molar-refractivity contribution in [2.75, 3.05) is 18.2 Å². The normalized spacial score (nSPS) is 10.5. The van der Waals surface area contributed by atoms with Gasteiger partial charge in [-0.2, -0.15) is 0 Å². The van der Waals surface area contributed by atoms with Crippen LogP contribution in [0, 0.1) is 0 Å². The Morgan fingerprint density at radius 2 is 2.10 bits per heavy atom. The summed E-state index contributed by atoms with van der Waals surface area (Å²) in [5.74, 6) is 0.282. The summed E-state index contributed by atoms with van der Waals surface area (Å²) in [6, 6.07) is 12.7. The average Bonchev–Trinajstić information content (AvgIpc) is 2.89. The highest BCUT2D eigenvalue weighted by molar-refractivity contribution is 7.22. The second-order valence-corrected chi connectivity index (χ2v) is 5.42.